The van der Waals surface area contributed by atoms with Gasteiger partial charge in [0.15, 0.2) is 0 Å². The molecule has 0 spiro atoms. The van der Waals surface area contributed by atoms with Crippen LogP contribution in [0.3, 0.4) is 0 Å². The molecule has 0 aliphatic heterocycles. The third-order valence-electron chi connectivity index (χ3n) is 2.77. The number of benzene rings is 2. The van der Waals surface area contributed by atoms with Crippen molar-refractivity contribution in [2.45, 2.75) is 18.9 Å². The molecule has 2 aromatic rings. The van der Waals surface area contributed by atoms with E-state index in [0.29, 0.717) is 17.9 Å². The Kier molecular flexibility index (Phi) is 4.81. The molecule has 1 unspecified atom stereocenters. The molecular weight excluding hydrogens is 312 g/mol. The van der Waals surface area contributed by atoms with E-state index in [1.807, 2.05) is 48.5 Å². The molecule has 3 heteroatoms. The first-order chi connectivity index (χ1) is 8.65. The lowest BCUT2D eigenvalue weighted by Gasteiger charge is -2.12. The van der Waals surface area contributed by atoms with E-state index in [4.69, 9.17) is 11.6 Å². The third kappa shape index (κ3) is 3.84. The maximum atomic E-state index is 10.1. The molecule has 0 aliphatic carbocycles. The highest BCUT2D eigenvalue weighted by Gasteiger charge is 2.09. The van der Waals surface area contributed by atoms with Gasteiger partial charge in [0.25, 0.3) is 0 Å². The SMILES string of the molecule is OC(Cc1cccc(Cl)c1)Cc1ccccc1Br. The van der Waals surface area contributed by atoms with E-state index in [1.165, 1.54) is 0 Å². The number of aliphatic hydroxyl groups excluding tert-OH is 1. The zero-order chi connectivity index (χ0) is 13.0. The Morgan fingerprint density at radius 1 is 1.06 bits per heavy atom. The summed E-state index contributed by atoms with van der Waals surface area (Å²) in [4.78, 5) is 0. The molecule has 94 valence electrons. The van der Waals surface area contributed by atoms with E-state index in [-0.39, 0.29) is 0 Å². The molecule has 1 atom stereocenters. The van der Waals surface area contributed by atoms with Crippen LogP contribution in [-0.2, 0) is 12.8 Å². The van der Waals surface area contributed by atoms with E-state index in [9.17, 15) is 5.11 Å². The van der Waals surface area contributed by atoms with E-state index in [2.05, 4.69) is 15.9 Å². The average Bonchev–Trinajstić information content (AvgIpc) is 2.32. The standard InChI is InChI=1S/C15H14BrClO/c16-15-7-2-1-5-12(15)10-14(18)9-11-4-3-6-13(17)8-11/h1-8,14,18H,9-10H2. The molecule has 1 nitrogen and oxygen atoms in total. The number of hydrogen-bond donors (Lipinski definition) is 1. The number of halogens is 2. The summed E-state index contributed by atoms with van der Waals surface area (Å²) in [6.07, 6.45) is 0.845. The molecule has 0 heterocycles. The second-order valence-corrected chi connectivity index (χ2v) is 5.57. The maximum absolute atomic E-state index is 10.1. The topological polar surface area (TPSA) is 20.2 Å². The minimum Gasteiger partial charge on any atom is -0.392 e. The molecule has 2 aromatic carbocycles. The highest BCUT2D eigenvalue weighted by atomic mass is 79.9. The van der Waals surface area contributed by atoms with E-state index < -0.39 is 6.10 Å². The van der Waals surface area contributed by atoms with Gasteiger partial charge in [0.2, 0.25) is 0 Å². The van der Waals surface area contributed by atoms with Gasteiger partial charge in [-0.05, 0) is 42.2 Å². The Morgan fingerprint density at radius 3 is 2.56 bits per heavy atom. The Bertz CT molecular complexity index is 527. The van der Waals surface area contributed by atoms with Gasteiger partial charge >= 0.3 is 0 Å². The lowest BCUT2D eigenvalue weighted by molar-refractivity contribution is 0.175. The summed E-state index contributed by atoms with van der Waals surface area (Å²) in [6, 6.07) is 15.6. The maximum Gasteiger partial charge on any atom is 0.0621 e. The number of hydrogen-bond acceptors (Lipinski definition) is 1. The predicted octanol–water partition coefficient (Wildman–Crippen LogP) is 4.25. The van der Waals surface area contributed by atoms with Crippen molar-refractivity contribution >= 4 is 27.5 Å². The van der Waals surface area contributed by atoms with Crippen LogP contribution in [0, 0.1) is 0 Å². The van der Waals surface area contributed by atoms with Crippen LogP contribution in [0.5, 0.6) is 0 Å². The number of rotatable bonds is 4. The highest BCUT2D eigenvalue weighted by Crippen LogP contribution is 2.19. The van der Waals surface area contributed by atoms with Crippen LogP contribution in [-0.4, -0.2) is 11.2 Å². The van der Waals surface area contributed by atoms with Crippen molar-refractivity contribution in [2.75, 3.05) is 0 Å². The zero-order valence-electron chi connectivity index (χ0n) is 9.81. The van der Waals surface area contributed by atoms with Gasteiger partial charge in [-0.3, -0.25) is 0 Å². The van der Waals surface area contributed by atoms with Crippen molar-refractivity contribution in [3.8, 4) is 0 Å². The van der Waals surface area contributed by atoms with E-state index >= 15 is 0 Å². The minimum atomic E-state index is -0.401. The fraction of sp³-hybridized carbons (Fsp3) is 0.200. The van der Waals surface area contributed by atoms with Crippen LogP contribution in [0.4, 0.5) is 0 Å². The fourth-order valence-electron chi connectivity index (χ4n) is 1.93. The van der Waals surface area contributed by atoms with Gasteiger partial charge in [-0.15, -0.1) is 0 Å². The Balaban J connectivity index is 2.01. The quantitative estimate of drug-likeness (QED) is 0.891. The van der Waals surface area contributed by atoms with Crippen LogP contribution in [0.15, 0.2) is 53.0 Å². The van der Waals surface area contributed by atoms with Crippen molar-refractivity contribution in [1.82, 2.24) is 0 Å². The molecular formula is C15H14BrClO. The molecule has 0 saturated heterocycles. The van der Waals surface area contributed by atoms with Gasteiger partial charge < -0.3 is 5.11 Å². The van der Waals surface area contributed by atoms with Gasteiger partial charge in [-0.2, -0.15) is 0 Å². The summed E-state index contributed by atoms with van der Waals surface area (Å²) < 4.78 is 1.04. The zero-order valence-corrected chi connectivity index (χ0v) is 12.2. The highest BCUT2D eigenvalue weighted by molar-refractivity contribution is 9.10. The van der Waals surface area contributed by atoms with Crippen LogP contribution in [0.1, 0.15) is 11.1 Å². The van der Waals surface area contributed by atoms with Crippen LogP contribution < -0.4 is 0 Å². The van der Waals surface area contributed by atoms with Crippen LogP contribution in [0.2, 0.25) is 5.02 Å². The molecule has 0 bridgehead atoms. The molecule has 1 N–H and O–H groups in total. The lowest BCUT2D eigenvalue weighted by Crippen LogP contribution is -2.14. The first-order valence-electron chi connectivity index (χ1n) is 5.81. The molecule has 0 saturated carbocycles. The Labute approximate surface area is 121 Å². The first-order valence-corrected chi connectivity index (χ1v) is 6.98. The van der Waals surface area contributed by atoms with Gasteiger partial charge in [-0.1, -0.05) is 57.9 Å². The van der Waals surface area contributed by atoms with Gasteiger partial charge in [0.05, 0.1) is 6.10 Å². The lowest BCUT2D eigenvalue weighted by atomic mass is 10.0. The summed E-state index contributed by atoms with van der Waals surface area (Å²) >= 11 is 9.41. The average molecular weight is 326 g/mol. The Hall–Kier alpha value is -0.830. The fourth-order valence-corrected chi connectivity index (χ4v) is 2.59. The first kappa shape index (κ1) is 13.6. The van der Waals surface area contributed by atoms with Crippen molar-refractivity contribution in [1.29, 1.82) is 0 Å². The summed E-state index contributed by atoms with van der Waals surface area (Å²) in [6.45, 7) is 0. The normalized spacial score (nSPS) is 12.4. The van der Waals surface area contributed by atoms with Crippen molar-refractivity contribution < 1.29 is 5.11 Å². The molecule has 2 rings (SSSR count). The van der Waals surface area contributed by atoms with Crippen molar-refractivity contribution in [2.24, 2.45) is 0 Å². The van der Waals surface area contributed by atoms with Gasteiger partial charge in [0, 0.05) is 9.50 Å². The molecule has 0 fully saturated rings. The number of aliphatic hydroxyl groups is 1. The van der Waals surface area contributed by atoms with Gasteiger partial charge in [0.1, 0.15) is 0 Å². The molecule has 0 radical (unpaired) electrons. The molecule has 0 amide bonds. The molecule has 18 heavy (non-hydrogen) atoms. The van der Waals surface area contributed by atoms with Crippen molar-refractivity contribution in [3.63, 3.8) is 0 Å². The van der Waals surface area contributed by atoms with E-state index in [0.717, 1.165) is 15.6 Å². The second kappa shape index (κ2) is 6.37. The van der Waals surface area contributed by atoms with Crippen molar-refractivity contribution in [3.05, 3.63) is 69.2 Å². The third-order valence-corrected chi connectivity index (χ3v) is 3.78. The largest absolute Gasteiger partial charge is 0.392 e. The smallest absolute Gasteiger partial charge is 0.0621 e. The Morgan fingerprint density at radius 2 is 1.83 bits per heavy atom. The minimum absolute atomic E-state index is 0.401. The van der Waals surface area contributed by atoms with Crippen LogP contribution >= 0.6 is 27.5 Å². The van der Waals surface area contributed by atoms with E-state index in [1.54, 1.807) is 0 Å². The summed E-state index contributed by atoms with van der Waals surface area (Å²) in [5.74, 6) is 0. The van der Waals surface area contributed by atoms with Crippen LogP contribution in [0.25, 0.3) is 0 Å². The molecule has 0 aromatic heterocycles. The summed E-state index contributed by atoms with van der Waals surface area (Å²) in [5, 5.41) is 10.8. The second-order valence-electron chi connectivity index (χ2n) is 4.28. The monoisotopic (exact) mass is 324 g/mol. The van der Waals surface area contributed by atoms with Gasteiger partial charge in [-0.25, -0.2) is 0 Å². The summed E-state index contributed by atoms with van der Waals surface area (Å²) in [5.41, 5.74) is 2.18. The predicted molar refractivity (Wildman–Crippen MR) is 79.0 cm³/mol. The molecule has 0 aliphatic rings. The summed E-state index contributed by atoms with van der Waals surface area (Å²) in [7, 11) is 0.